The molecule has 2 heteroatoms. The molecular weight excluding hydrogens is 216 g/mol. The van der Waals surface area contributed by atoms with Crippen LogP contribution in [0.4, 0.5) is 0 Å². The Morgan fingerprint density at radius 3 is 2.44 bits per heavy atom. The summed E-state index contributed by atoms with van der Waals surface area (Å²) in [6.45, 7) is 10.0. The van der Waals surface area contributed by atoms with Crippen molar-refractivity contribution < 1.29 is 4.74 Å². The molecule has 0 N–H and O–H groups in total. The van der Waals surface area contributed by atoms with Crippen molar-refractivity contribution in [2.45, 2.75) is 37.4 Å². The molecule has 0 amide bonds. The molecule has 1 aromatic rings. The predicted molar refractivity (Wildman–Crippen MR) is 72.0 cm³/mol. The summed E-state index contributed by atoms with van der Waals surface area (Å²) in [6, 6.07) is 10.4. The topological polar surface area (TPSA) is 9.23 Å². The second-order valence-corrected chi connectivity index (χ2v) is 5.72. The summed E-state index contributed by atoms with van der Waals surface area (Å²) in [4.78, 5) is 1.27. The number of hydrogen-bond acceptors (Lipinski definition) is 2. The molecule has 0 radical (unpaired) electrons. The zero-order chi connectivity index (χ0) is 12.0. The number of hydrogen-bond donors (Lipinski definition) is 0. The van der Waals surface area contributed by atoms with Crippen LogP contribution < -0.4 is 0 Å². The molecule has 1 atom stereocenters. The van der Waals surface area contributed by atoms with E-state index in [0.29, 0.717) is 0 Å². The lowest BCUT2D eigenvalue weighted by Gasteiger charge is -2.25. The lowest BCUT2D eigenvalue weighted by atomic mass is 10.2. The molecule has 0 saturated carbocycles. The standard InChI is InChI=1S/C14H20OS/c1-5-12(15-14(2,3)4)11-16-13-9-7-6-8-10-13/h5-10,12H,1,11H2,2-4H3. The van der Waals surface area contributed by atoms with E-state index in [-0.39, 0.29) is 11.7 Å². The van der Waals surface area contributed by atoms with Crippen molar-refractivity contribution in [2.75, 3.05) is 5.75 Å². The summed E-state index contributed by atoms with van der Waals surface area (Å²) in [5.41, 5.74) is -0.115. The minimum absolute atomic E-state index is 0.102. The van der Waals surface area contributed by atoms with Crippen LogP contribution in [0.5, 0.6) is 0 Å². The highest BCUT2D eigenvalue weighted by atomic mass is 32.2. The van der Waals surface area contributed by atoms with E-state index in [1.807, 2.05) is 12.1 Å². The zero-order valence-corrected chi connectivity index (χ0v) is 11.1. The normalized spacial score (nSPS) is 13.4. The maximum Gasteiger partial charge on any atom is 0.0854 e. The molecule has 0 heterocycles. The minimum atomic E-state index is -0.115. The van der Waals surface area contributed by atoms with Gasteiger partial charge in [-0.2, -0.15) is 0 Å². The van der Waals surface area contributed by atoms with Crippen LogP contribution in [0.25, 0.3) is 0 Å². The van der Waals surface area contributed by atoms with E-state index in [2.05, 4.69) is 51.6 Å². The Labute approximate surface area is 103 Å². The van der Waals surface area contributed by atoms with Crippen LogP contribution in [-0.2, 0) is 4.74 Å². The second-order valence-electron chi connectivity index (χ2n) is 4.63. The number of benzene rings is 1. The zero-order valence-electron chi connectivity index (χ0n) is 10.3. The summed E-state index contributed by atoms with van der Waals surface area (Å²) in [6.07, 6.45) is 1.98. The van der Waals surface area contributed by atoms with Gasteiger partial charge in [-0.05, 0) is 32.9 Å². The average Bonchev–Trinajstić information content (AvgIpc) is 2.24. The molecule has 0 aromatic heterocycles. The lowest BCUT2D eigenvalue weighted by molar-refractivity contribution is -0.0276. The molecule has 0 aliphatic heterocycles. The van der Waals surface area contributed by atoms with Gasteiger partial charge in [0.2, 0.25) is 0 Å². The van der Waals surface area contributed by atoms with Gasteiger partial charge >= 0.3 is 0 Å². The maximum atomic E-state index is 5.87. The molecule has 0 saturated heterocycles. The molecular formula is C14H20OS. The van der Waals surface area contributed by atoms with Crippen LogP contribution in [0.15, 0.2) is 47.9 Å². The van der Waals surface area contributed by atoms with Crippen molar-refractivity contribution in [2.24, 2.45) is 0 Å². The summed E-state index contributed by atoms with van der Waals surface area (Å²) in [7, 11) is 0. The van der Waals surface area contributed by atoms with Crippen molar-refractivity contribution in [3.8, 4) is 0 Å². The van der Waals surface area contributed by atoms with Gasteiger partial charge in [-0.3, -0.25) is 0 Å². The molecule has 0 bridgehead atoms. The van der Waals surface area contributed by atoms with Gasteiger partial charge in [0.05, 0.1) is 11.7 Å². The summed E-state index contributed by atoms with van der Waals surface area (Å²) in [5, 5.41) is 0. The highest BCUT2D eigenvalue weighted by Crippen LogP contribution is 2.21. The van der Waals surface area contributed by atoms with Crippen molar-refractivity contribution in [1.82, 2.24) is 0 Å². The molecule has 88 valence electrons. The van der Waals surface area contributed by atoms with Crippen LogP contribution >= 0.6 is 11.8 Å². The van der Waals surface area contributed by atoms with E-state index in [9.17, 15) is 0 Å². The first-order chi connectivity index (χ1) is 7.51. The van der Waals surface area contributed by atoms with Crippen molar-refractivity contribution in [3.63, 3.8) is 0 Å². The van der Waals surface area contributed by atoms with Gasteiger partial charge in [0, 0.05) is 10.6 Å². The third-order valence-corrected chi connectivity index (χ3v) is 3.03. The van der Waals surface area contributed by atoms with Crippen LogP contribution in [0.1, 0.15) is 20.8 Å². The molecule has 0 fully saturated rings. The monoisotopic (exact) mass is 236 g/mol. The third kappa shape index (κ3) is 5.38. The Morgan fingerprint density at radius 2 is 1.94 bits per heavy atom. The van der Waals surface area contributed by atoms with Crippen molar-refractivity contribution in [1.29, 1.82) is 0 Å². The lowest BCUT2D eigenvalue weighted by Crippen LogP contribution is -2.27. The van der Waals surface area contributed by atoms with Gasteiger partial charge in [0.25, 0.3) is 0 Å². The van der Waals surface area contributed by atoms with Gasteiger partial charge in [-0.25, -0.2) is 0 Å². The summed E-state index contributed by atoms with van der Waals surface area (Å²) < 4.78 is 5.87. The van der Waals surface area contributed by atoms with Gasteiger partial charge in [0.1, 0.15) is 0 Å². The van der Waals surface area contributed by atoms with Crippen LogP contribution in [0.2, 0.25) is 0 Å². The number of thioether (sulfide) groups is 1. The first kappa shape index (κ1) is 13.3. The predicted octanol–water partition coefficient (Wildman–Crippen LogP) is 4.15. The molecule has 1 rings (SSSR count). The molecule has 1 unspecified atom stereocenters. The molecule has 16 heavy (non-hydrogen) atoms. The van der Waals surface area contributed by atoms with Gasteiger partial charge < -0.3 is 4.74 Å². The fourth-order valence-corrected chi connectivity index (χ4v) is 2.21. The Kier molecular flexibility index (Phi) is 5.10. The Bertz CT molecular complexity index is 313. The number of rotatable bonds is 5. The van der Waals surface area contributed by atoms with E-state index in [1.165, 1.54) is 4.90 Å². The first-order valence-electron chi connectivity index (χ1n) is 5.49. The molecule has 0 spiro atoms. The van der Waals surface area contributed by atoms with Crippen LogP contribution in [-0.4, -0.2) is 17.5 Å². The van der Waals surface area contributed by atoms with Crippen molar-refractivity contribution in [3.05, 3.63) is 43.0 Å². The molecule has 0 aliphatic carbocycles. The van der Waals surface area contributed by atoms with Gasteiger partial charge in [-0.1, -0.05) is 24.3 Å². The average molecular weight is 236 g/mol. The van der Waals surface area contributed by atoms with E-state index in [0.717, 1.165) is 5.75 Å². The van der Waals surface area contributed by atoms with Crippen LogP contribution in [0, 0.1) is 0 Å². The second kappa shape index (κ2) is 6.12. The molecule has 0 aliphatic rings. The maximum absolute atomic E-state index is 5.87. The third-order valence-electron chi connectivity index (χ3n) is 1.93. The Balaban J connectivity index is 2.43. The van der Waals surface area contributed by atoms with Gasteiger partial charge in [0.15, 0.2) is 0 Å². The minimum Gasteiger partial charge on any atom is -0.368 e. The summed E-state index contributed by atoms with van der Waals surface area (Å²) in [5.74, 6) is 0.908. The molecule has 1 nitrogen and oxygen atoms in total. The highest BCUT2D eigenvalue weighted by Gasteiger charge is 2.16. The Hall–Kier alpha value is -0.730. The fourth-order valence-electron chi connectivity index (χ4n) is 1.30. The Morgan fingerprint density at radius 1 is 1.31 bits per heavy atom. The smallest absolute Gasteiger partial charge is 0.0854 e. The van der Waals surface area contributed by atoms with E-state index in [4.69, 9.17) is 4.74 Å². The van der Waals surface area contributed by atoms with E-state index < -0.39 is 0 Å². The van der Waals surface area contributed by atoms with E-state index in [1.54, 1.807) is 11.8 Å². The highest BCUT2D eigenvalue weighted by molar-refractivity contribution is 7.99. The largest absolute Gasteiger partial charge is 0.368 e. The van der Waals surface area contributed by atoms with Crippen LogP contribution in [0.3, 0.4) is 0 Å². The van der Waals surface area contributed by atoms with Gasteiger partial charge in [-0.15, -0.1) is 18.3 Å². The quantitative estimate of drug-likeness (QED) is 0.561. The van der Waals surface area contributed by atoms with Crippen molar-refractivity contribution >= 4 is 11.8 Å². The summed E-state index contributed by atoms with van der Waals surface area (Å²) >= 11 is 1.80. The number of ether oxygens (including phenoxy) is 1. The molecule has 1 aromatic carbocycles. The SMILES string of the molecule is C=CC(CSc1ccccc1)OC(C)(C)C. The first-order valence-corrected chi connectivity index (χ1v) is 6.48. The fraction of sp³-hybridized carbons (Fsp3) is 0.429. The van der Waals surface area contributed by atoms with E-state index >= 15 is 0 Å².